The van der Waals surface area contributed by atoms with Crippen LogP contribution in [0.5, 0.6) is 0 Å². The Morgan fingerprint density at radius 3 is 3.12 bits per heavy atom. The minimum absolute atomic E-state index is 0.791. The monoisotopic (exact) mass is 228 g/mol. The summed E-state index contributed by atoms with van der Waals surface area (Å²) >= 11 is 0. The van der Waals surface area contributed by atoms with E-state index in [1.807, 2.05) is 0 Å². The third-order valence-corrected chi connectivity index (χ3v) is 3.25. The maximum absolute atomic E-state index is 4.48. The highest BCUT2D eigenvalue weighted by atomic mass is 15.4. The molecule has 0 radical (unpaired) electrons. The Morgan fingerprint density at radius 2 is 2.29 bits per heavy atom. The Bertz CT molecular complexity index is 502. The first-order valence-corrected chi connectivity index (χ1v) is 6.04. The Hall–Kier alpha value is -1.84. The third-order valence-electron chi connectivity index (χ3n) is 3.25. The number of hydrogen-bond donors (Lipinski definition) is 2. The van der Waals surface area contributed by atoms with Crippen LogP contribution in [-0.2, 0) is 6.42 Å². The maximum atomic E-state index is 4.48. The molecule has 2 N–H and O–H groups in total. The van der Waals surface area contributed by atoms with Gasteiger partial charge in [0.05, 0.1) is 12.3 Å². The molecule has 0 aromatic heterocycles. The van der Waals surface area contributed by atoms with Gasteiger partial charge >= 0.3 is 0 Å². The van der Waals surface area contributed by atoms with Gasteiger partial charge in [0, 0.05) is 12.1 Å². The maximum Gasteiger partial charge on any atom is 0.212 e. The van der Waals surface area contributed by atoms with Crippen molar-refractivity contribution in [3.05, 3.63) is 34.9 Å². The minimum Gasteiger partial charge on any atom is -0.353 e. The summed E-state index contributed by atoms with van der Waals surface area (Å²) in [5.74, 6) is 0.791. The van der Waals surface area contributed by atoms with Gasteiger partial charge in [0.1, 0.15) is 0 Å². The summed E-state index contributed by atoms with van der Waals surface area (Å²) in [5.41, 5.74) is 8.20. The van der Waals surface area contributed by atoms with E-state index in [0.29, 0.717) is 0 Å². The molecule has 0 bridgehead atoms. The molecule has 1 aromatic carbocycles. The second-order valence-corrected chi connectivity index (χ2v) is 4.44. The van der Waals surface area contributed by atoms with Crippen LogP contribution in [0.1, 0.15) is 23.1 Å². The van der Waals surface area contributed by atoms with Gasteiger partial charge in [0.15, 0.2) is 0 Å². The molecular weight excluding hydrogens is 212 g/mol. The summed E-state index contributed by atoms with van der Waals surface area (Å²) in [6.45, 7) is 3.89. The zero-order valence-corrected chi connectivity index (χ0v) is 9.95. The van der Waals surface area contributed by atoms with Crippen LogP contribution in [-0.4, -0.2) is 24.8 Å². The van der Waals surface area contributed by atoms with Gasteiger partial charge in [-0.2, -0.15) is 5.10 Å². The molecule has 3 rings (SSSR count). The molecule has 2 aliphatic rings. The zero-order chi connectivity index (χ0) is 11.7. The number of guanidine groups is 1. The van der Waals surface area contributed by atoms with E-state index in [4.69, 9.17) is 0 Å². The van der Waals surface area contributed by atoms with Crippen LogP contribution in [0.2, 0.25) is 0 Å². The molecule has 0 fully saturated rings. The number of aryl methyl sites for hydroxylation is 2. The highest BCUT2D eigenvalue weighted by molar-refractivity contribution is 6.06. The predicted molar refractivity (Wildman–Crippen MR) is 69.5 cm³/mol. The molecule has 4 heteroatoms. The minimum atomic E-state index is 0.791. The van der Waals surface area contributed by atoms with Gasteiger partial charge in [-0.05, 0) is 30.9 Å². The van der Waals surface area contributed by atoms with Crippen LogP contribution in [0, 0.1) is 6.92 Å². The summed E-state index contributed by atoms with van der Waals surface area (Å²) < 4.78 is 0. The fourth-order valence-corrected chi connectivity index (χ4v) is 2.43. The Balaban J connectivity index is 1.85. The lowest BCUT2D eigenvalue weighted by Crippen LogP contribution is -2.30. The van der Waals surface area contributed by atoms with Crippen LogP contribution >= 0.6 is 0 Å². The first kappa shape index (κ1) is 10.3. The van der Waals surface area contributed by atoms with Gasteiger partial charge in [-0.1, -0.05) is 18.2 Å². The lowest BCUT2D eigenvalue weighted by Gasteiger charge is -2.06. The zero-order valence-electron chi connectivity index (χ0n) is 9.95. The fourth-order valence-electron chi connectivity index (χ4n) is 2.43. The molecular formula is C13H16N4. The summed E-state index contributed by atoms with van der Waals surface area (Å²) in [7, 11) is 0. The van der Waals surface area contributed by atoms with Crippen LogP contribution in [0.15, 0.2) is 28.3 Å². The van der Waals surface area contributed by atoms with Crippen molar-refractivity contribution in [2.24, 2.45) is 10.1 Å². The van der Waals surface area contributed by atoms with Crippen molar-refractivity contribution in [2.45, 2.75) is 19.8 Å². The first-order chi connectivity index (χ1) is 8.34. The highest BCUT2D eigenvalue weighted by Gasteiger charge is 2.19. The number of nitrogens with zero attached hydrogens (tertiary/aromatic N) is 2. The van der Waals surface area contributed by atoms with Crippen LogP contribution in [0.3, 0.4) is 0 Å². The van der Waals surface area contributed by atoms with Crippen molar-refractivity contribution < 1.29 is 0 Å². The smallest absolute Gasteiger partial charge is 0.212 e. The molecule has 1 aliphatic heterocycles. The number of aliphatic imine (C=N–C) groups is 1. The van der Waals surface area contributed by atoms with Gasteiger partial charge in [-0.25, -0.2) is 10.4 Å². The molecule has 0 atom stereocenters. The Kier molecular flexibility index (Phi) is 2.55. The summed E-state index contributed by atoms with van der Waals surface area (Å²) in [5, 5.41) is 7.63. The Morgan fingerprint density at radius 1 is 1.35 bits per heavy atom. The summed E-state index contributed by atoms with van der Waals surface area (Å²) in [4.78, 5) is 4.26. The molecule has 0 spiro atoms. The molecule has 0 amide bonds. The van der Waals surface area contributed by atoms with E-state index in [9.17, 15) is 0 Å². The molecule has 0 unspecified atom stereocenters. The standard InChI is InChI=1S/C13H16N4/c1-9-3-2-4-10-5-6-11(12(9)10)16-17-13-14-7-8-15-13/h2-4H,5-8H2,1H3,(H2,14,15,17). The molecule has 4 nitrogen and oxygen atoms in total. The average Bonchev–Trinajstić information content (AvgIpc) is 2.95. The number of rotatable bonds is 1. The number of fused-ring (bicyclic) bond motifs is 1. The first-order valence-electron chi connectivity index (χ1n) is 6.04. The average molecular weight is 228 g/mol. The molecule has 1 aromatic rings. The molecule has 1 aliphatic carbocycles. The molecule has 0 saturated carbocycles. The number of benzene rings is 1. The van der Waals surface area contributed by atoms with Crippen molar-refractivity contribution in [3.63, 3.8) is 0 Å². The second-order valence-electron chi connectivity index (χ2n) is 4.44. The van der Waals surface area contributed by atoms with E-state index in [2.05, 4.69) is 46.0 Å². The summed E-state index contributed by atoms with van der Waals surface area (Å²) in [6.07, 6.45) is 2.11. The number of hydrogen-bond acceptors (Lipinski definition) is 4. The van der Waals surface area contributed by atoms with Gasteiger partial charge in [-0.3, -0.25) is 0 Å². The van der Waals surface area contributed by atoms with Crippen molar-refractivity contribution >= 4 is 11.7 Å². The topological polar surface area (TPSA) is 48.8 Å². The van der Waals surface area contributed by atoms with Crippen molar-refractivity contribution in [1.82, 2.24) is 10.7 Å². The lowest BCUT2D eigenvalue weighted by molar-refractivity contribution is 0.913. The van der Waals surface area contributed by atoms with Crippen LogP contribution < -0.4 is 10.7 Å². The van der Waals surface area contributed by atoms with E-state index >= 15 is 0 Å². The summed E-state index contributed by atoms with van der Waals surface area (Å²) in [6, 6.07) is 6.45. The molecule has 17 heavy (non-hydrogen) atoms. The lowest BCUT2D eigenvalue weighted by atomic mass is 10.0. The molecule has 0 saturated heterocycles. The van der Waals surface area contributed by atoms with E-state index < -0.39 is 0 Å². The largest absolute Gasteiger partial charge is 0.353 e. The second kappa shape index (κ2) is 4.20. The molecule has 1 heterocycles. The fraction of sp³-hybridized carbons (Fsp3) is 0.385. The van der Waals surface area contributed by atoms with E-state index in [1.54, 1.807) is 0 Å². The van der Waals surface area contributed by atoms with Crippen molar-refractivity contribution in [2.75, 3.05) is 13.1 Å². The van der Waals surface area contributed by atoms with Gasteiger partial charge in [-0.15, -0.1) is 0 Å². The van der Waals surface area contributed by atoms with Crippen molar-refractivity contribution in [3.8, 4) is 0 Å². The van der Waals surface area contributed by atoms with E-state index in [1.165, 1.54) is 16.7 Å². The van der Waals surface area contributed by atoms with Crippen molar-refractivity contribution in [1.29, 1.82) is 0 Å². The predicted octanol–water partition coefficient (Wildman–Crippen LogP) is 1.19. The van der Waals surface area contributed by atoms with Crippen LogP contribution in [0.4, 0.5) is 0 Å². The SMILES string of the molecule is Cc1cccc2c1C(=NNC1=NCCN1)CC2. The van der Waals surface area contributed by atoms with Gasteiger partial charge < -0.3 is 5.32 Å². The highest BCUT2D eigenvalue weighted by Crippen LogP contribution is 2.25. The van der Waals surface area contributed by atoms with E-state index in [-0.39, 0.29) is 0 Å². The Labute approximate surface area is 101 Å². The van der Waals surface area contributed by atoms with Crippen LogP contribution in [0.25, 0.3) is 0 Å². The quantitative estimate of drug-likeness (QED) is 0.709. The number of nitrogens with one attached hydrogen (secondary N) is 2. The van der Waals surface area contributed by atoms with Gasteiger partial charge in [0.25, 0.3) is 0 Å². The van der Waals surface area contributed by atoms with Gasteiger partial charge in [0.2, 0.25) is 5.96 Å². The van der Waals surface area contributed by atoms with E-state index in [0.717, 1.165) is 37.6 Å². The third kappa shape index (κ3) is 1.90. The molecule has 88 valence electrons. The number of hydrazone groups is 1. The normalized spacial score (nSPS) is 20.1.